The van der Waals surface area contributed by atoms with Crippen LogP contribution in [0.5, 0.6) is 11.5 Å². The largest absolute Gasteiger partial charge is 0.507 e. The van der Waals surface area contributed by atoms with Gasteiger partial charge in [-0.1, -0.05) is 12.1 Å². The minimum Gasteiger partial charge on any atom is -0.507 e. The van der Waals surface area contributed by atoms with E-state index in [9.17, 15) is 14.7 Å². The first-order valence-electron chi connectivity index (χ1n) is 7.12. The summed E-state index contributed by atoms with van der Waals surface area (Å²) in [6.45, 7) is 0. The van der Waals surface area contributed by atoms with Crippen molar-refractivity contribution in [2.45, 2.75) is 12.8 Å². The van der Waals surface area contributed by atoms with Gasteiger partial charge in [0.25, 0.3) is 0 Å². The number of phenols is 1. The summed E-state index contributed by atoms with van der Waals surface area (Å²) in [6.07, 6.45) is 0.781. The molecule has 0 fully saturated rings. The molecule has 0 aliphatic heterocycles. The number of benzene rings is 2. The third kappa shape index (κ3) is 4.10. The molecule has 0 saturated heterocycles. The van der Waals surface area contributed by atoms with Gasteiger partial charge in [-0.2, -0.15) is 0 Å². The highest BCUT2D eigenvalue weighted by molar-refractivity contribution is 5.98. The highest BCUT2D eigenvalue weighted by atomic mass is 16.5. The van der Waals surface area contributed by atoms with Crippen molar-refractivity contribution in [1.29, 1.82) is 0 Å². The Bertz CT molecular complexity index is 704. The maximum atomic E-state index is 12.2. The van der Waals surface area contributed by atoms with Crippen LogP contribution in [0.1, 0.15) is 32.7 Å². The second-order valence-corrected chi connectivity index (χ2v) is 4.99. The minimum atomic E-state index is -0.393. The summed E-state index contributed by atoms with van der Waals surface area (Å²) in [4.78, 5) is 23.5. The van der Waals surface area contributed by atoms with Gasteiger partial charge in [-0.05, 0) is 36.2 Å². The summed E-state index contributed by atoms with van der Waals surface area (Å²) in [5.41, 5.74) is 1.67. The van der Waals surface area contributed by atoms with Gasteiger partial charge in [0.15, 0.2) is 5.78 Å². The number of Topliss-reactive ketones (excluding diaryl/α,β-unsaturated/α-hetero) is 1. The van der Waals surface area contributed by atoms with Gasteiger partial charge in [-0.3, -0.25) is 4.79 Å². The molecule has 2 aromatic carbocycles. The van der Waals surface area contributed by atoms with Gasteiger partial charge in [0, 0.05) is 12.5 Å². The van der Waals surface area contributed by atoms with Crippen LogP contribution in [0.3, 0.4) is 0 Å². The summed E-state index contributed by atoms with van der Waals surface area (Å²) >= 11 is 0. The highest BCUT2D eigenvalue weighted by Gasteiger charge is 2.12. The molecule has 2 rings (SSSR count). The third-order valence-corrected chi connectivity index (χ3v) is 3.52. The number of carbonyl (C=O) groups is 2. The normalized spacial score (nSPS) is 10.2. The number of aryl methyl sites for hydroxylation is 1. The van der Waals surface area contributed by atoms with Crippen LogP contribution < -0.4 is 4.74 Å². The molecule has 0 heterocycles. The molecule has 5 nitrogen and oxygen atoms in total. The highest BCUT2D eigenvalue weighted by Crippen LogP contribution is 2.25. The van der Waals surface area contributed by atoms with Gasteiger partial charge >= 0.3 is 5.97 Å². The number of hydrogen-bond acceptors (Lipinski definition) is 5. The van der Waals surface area contributed by atoms with Crippen LogP contribution in [0.4, 0.5) is 0 Å². The van der Waals surface area contributed by atoms with E-state index in [-0.39, 0.29) is 23.5 Å². The van der Waals surface area contributed by atoms with E-state index in [4.69, 9.17) is 4.74 Å². The Morgan fingerprint density at radius 1 is 1.04 bits per heavy atom. The fourth-order valence-electron chi connectivity index (χ4n) is 2.19. The predicted octanol–water partition coefficient (Wildman–Crippen LogP) is 3.00. The lowest BCUT2D eigenvalue weighted by molar-refractivity contribution is 0.0600. The number of rotatable bonds is 6. The zero-order chi connectivity index (χ0) is 16.8. The van der Waals surface area contributed by atoms with Crippen LogP contribution in [0.25, 0.3) is 0 Å². The van der Waals surface area contributed by atoms with Crippen molar-refractivity contribution in [1.82, 2.24) is 0 Å². The van der Waals surface area contributed by atoms with E-state index in [1.807, 2.05) is 0 Å². The number of aromatic hydroxyl groups is 1. The predicted molar refractivity (Wildman–Crippen MR) is 85.1 cm³/mol. The van der Waals surface area contributed by atoms with Crippen molar-refractivity contribution in [3.05, 3.63) is 59.2 Å². The average molecular weight is 314 g/mol. The first kappa shape index (κ1) is 16.5. The Kier molecular flexibility index (Phi) is 5.36. The van der Waals surface area contributed by atoms with Crippen molar-refractivity contribution < 1.29 is 24.2 Å². The maximum Gasteiger partial charge on any atom is 0.337 e. The van der Waals surface area contributed by atoms with E-state index in [1.165, 1.54) is 20.3 Å². The molecule has 0 spiro atoms. The van der Waals surface area contributed by atoms with E-state index in [0.29, 0.717) is 17.7 Å². The molecule has 0 radical (unpaired) electrons. The smallest absolute Gasteiger partial charge is 0.337 e. The van der Waals surface area contributed by atoms with Gasteiger partial charge in [0.2, 0.25) is 0 Å². The molecule has 23 heavy (non-hydrogen) atoms. The molecule has 2 aromatic rings. The molecule has 0 amide bonds. The standard InChI is InChI=1S/C18H18O5/c1-22-14-8-9-15(17(20)11-14)16(19)10-5-12-3-6-13(7-4-12)18(21)23-2/h3-4,6-9,11,20H,5,10H2,1-2H3. The van der Waals surface area contributed by atoms with Gasteiger partial charge < -0.3 is 14.6 Å². The minimum absolute atomic E-state index is 0.0876. The lowest BCUT2D eigenvalue weighted by Crippen LogP contribution is -2.03. The zero-order valence-electron chi connectivity index (χ0n) is 13.0. The Labute approximate surface area is 134 Å². The Morgan fingerprint density at radius 3 is 2.30 bits per heavy atom. The van der Waals surface area contributed by atoms with Crippen LogP contribution in [0.15, 0.2) is 42.5 Å². The molecule has 0 bridgehead atoms. The quantitative estimate of drug-likeness (QED) is 0.655. The second-order valence-electron chi connectivity index (χ2n) is 4.99. The molecule has 0 saturated carbocycles. The van der Waals surface area contributed by atoms with Crippen LogP contribution in [0.2, 0.25) is 0 Å². The molecule has 0 aromatic heterocycles. The molecular weight excluding hydrogens is 296 g/mol. The van der Waals surface area contributed by atoms with Crippen molar-refractivity contribution in [3.63, 3.8) is 0 Å². The number of ether oxygens (including phenoxy) is 2. The monoisotopic (exact) mass is 314 g/mol. The fraction of sp³-hybridized carbons (Fsp3) is 0.222. The molecule has 120 valence electrons. The van der Waals surface area contributed by atoms with Crippen LogP contribution in [-0.2, 0) is 11.2 Å². The summed E-state index contributed by atoms with van der Waals surface area (Å²) < 4.78 is 9.62. The zero-order valence-corrected chi connectivity index (χ0v) is 13.0. The van der Waals surface area contributed by atoms with Gasteiger partial charge in [-0.25, -0.2) is 4.79 Å². The molecule has 5 heteroatoms. The van der Waals surface area contributed by atoms with E-state index < -0.39 is 5.97 Å². The summed E-state index contributed by atoms with van der Waals surface area (Å²) in [6, 6.07) is 11.5. The van der Waals surface area contributed by atoms with Crippen LogP contribution in [-0.4, -0.2) is 31.1 Å². The number of hydrogen-bond donors (Lipinski definition) is 1. The summed E-state index contributed by atoms with van der Waals surface area (Å²) in [7, 11) is 2.82. The Balaban J connectivity index is 2.00. The van der Waals surface area contributed by atoms with E-state index in [1.54, 1.807) is 36.4 Å². The van der Waals surface area contributed by atoms with E-state index in [2.05, 4.69) is 4.74 Å². The summed E-state index contributed by atoms with van der Waals surface area (Å²) in [5, 5.41) is 9.86. The van der Waals surface area contributed by atoms with E-state index in [0.717, 1.165) is 5.56 Å². The van der Waals surface area contributed by atoms with Crippen LogP contribution in [0, 0.1) is 0 Å². The fourth-order valence-corrected chi connectivity index (χ4v) is 2.19. The Hall–Kier alpha value is -2.82. The van der Waals surface area contributed by atoms with Crippen molar-refractivity contribution >= 4 is 11.8 Å². The second kappa shape index (κ2) is 7.45. The topological polar surface area (TPSA) is 72.8 Å². The number of esters is 1. The first-order chi connectivity index (χ1) is 11.0. The Morgan fingerprint density at radius 2 is 1.74 bits per heavy atom. The number of carbonyl (C=O) groups excluding carboxylic acids is 2. The molecule has 0 aliphatic carbocycles. The van der Waals surface area contributed by atoms with Crippen molar-refractivity contribution in [3.8, 4) is 11.5 Å². The van der Waals surface area contributed by atoms with E-state index >= 15 is 0 Å². The van der Waals surface area contributed by atoms with Crippen molar-refractivity contribution in [2.75, 3.05) is 14.2 Å². The molecule has 0 unspecified atom stereocenters. The average Bonchev–Trinajstić information content (AvgIpc) is 2.59. The number of ketones is 1. The number of methoxy groups -OCH3 is 2. The lowest BCUT2D eigenvalue weighted by atomic mass is 10.0. The molecule has 0 atom stereocenters. The summed E-state index contributed by atoms with van der Waals surface area (Å²) in [5.74, 6) is -0.134. The lowest BCUT2D eigenvalue weighted by Gasteiger charge is -2.07. The van der Waals surface area contributed by atoms with Gasteiger partial charge in [-0.15, -0.1) is 0 Å². The van der Waals surface area contributed by atoms with Crippen molar-refractivity contribution in [2.24, 2.45) is 0 Å². The first-order valence-corrected chi connectivity index (χ1v) is 7.12. The molecular formula is C18H18O5. The van der Waals surface area contributed by atoms with Gasteiger partial charge in [0.05, 0.1) is 25.3 Å². The maximum absolute atomic E-state index is 12.2. The SMILES string of the molecule is COC(=O)c1ccc(CCC(=O)c2ccc(OC)cc2O)cc1. The number of phenolic OH excluding ortho intramolecular Hbond substituents is 1. The molecule has 0 aliphatic rings. The third-order valence-electron chi connectivity index (χ3n) is 3.52. The molecule has 1 N–H and O–H groups in total. The van der Waals surface area contributed by atoms with Gasteiger partial charge in [0.1, 0.15) is 11.5 Å². The van der Waals surface area contributed by atoms with Crippen LogP contribution >= 0.6 is 0 Å².